The number of morpholine rings is 1. The molecule has 92 valence electrons. The number of benzene rings is 1. The van der Waals surface area contributed by atoms with Gasteiger partial charge in [0.1, 0.15) is 5.82 Å². The van der Waals surface area contributed by atoms with Crippen molar-refractivity contribution < 1.29 is 13.9 Å². The molecule has 1 fully saturated rings. The third-order valence-electron chi connectivity index (χ3n) is 2.70. The highest BCUT2D eigenvalue weighted by Crippen LogP contribution is 2.22. The van der Waals surface area contributed by atoms with E-state index in [9.17, 15) is 9.18 Å². The van der Waals surface area contributed by atoms with Crippen molar-refractivity contribution in [1.82, 2.24) is 4.90 Å². The van der Waals surface area contributed by atoms with Crippen LogP contribution in [0.15, 0.2) is 22.7 Å². The molecule has 1 atom stereocenters. The Bertz CT molecular complexity index is 418. The SMILES string of the molecule is C[C@@H]1CN(C(=O)c2c(F)cccc2Br)CCO1. The number of amides is 1. The summed E-state index contributed by atoms with van der Waals surface area (Å²) in [7, 11) is 0. The maximum Gasteiger partial charge on any atom is 0.258 e. The maximum absolute atomic E-state index is 13.6. The maximum atomic E-state index is 13.6. The van der Waals surface area contributed by atoms with Gasteiger partial charge in [0.05, 0.1) is 18.3 Å². The van der Waals surface area contributed by atoms with Crippen LogP contribution in [0.2, 0.25) is 0 Å². The largest absolute Gasteiger partial charge is 0.375 e. The van der Waals surface area contributed by atoms with E-state index in [1.54, 1.807) is 17.0 Å². The zero-order chi connectivity index (χ0) is 12.4. The first-order valence-electron chi connectivity index (χ1n) is 5.44. The number of hydrogen-bond acceptors (Lipinski definition) is 2. The summed E-state index contributed by atoms with van der Waals surface area (Å²) in [5, 5.41) is 0. The van der Waals surface area contributed by atoms with Crippen LogP contribution in [-0.2, 0) is 4.74 Å². The molecule has 0 unspecified atom stereocenters. The monoisotopic (exact) mass is 301 g/mol. The van der Waals surface area contributed by atoms with E-state index < -0.39 is 5.82 Å². The summed E-state index contributed by atoms with van der Waals surface area (Å²) >= 11 is 3.21. The summed E-state index contributed by atoms with van der Waals surface area (Å²) in [5.74, 6) is -0.784. The summed E-state index contributed by atoms with van der Waals surface area (Å²) < 4.78 is 19.5. The van der Waals surface area contributed by atoms with Crippen molar-refractivity contribution in [2.45, 2.75) is 13.0 Å². The van der Waals surface area contributed by atoms with Gasteiger partial charge in [0.15, 0.2) is 0 Å². The molecule has 0 aliphatic carbocycles. The van der Waals surface area contributed by atoms with Crippen LogP contribution in [0.4, 0.5) is 4.39 Å². The summed E-state index contributed by atoms with van der Waals surface area (Å²) in [4.78, 5) is 13.8. The van der Waals surface area contributed by atoms with Crippen molar-refractivity contribution in [1.29, 1.82) is 0 Å². The lowest BCUT2D eigenvalue weighted by atomic mass is 10.1. The van der Waals surface area contributed by atoms with Crippen LogP contribution in [0.1, 0.15) is 17.3 Å². The lowest BCUT2D eigenvalue weighted by Crippen LogP contribution is -2.44. The minimum atomic E-state index is -0.497. The zero-order valence-corrected chi connectivity index (χ0v) is 11.0. The van der Waals surface area contributed by atoms with Gasteiger partial charge in [-0.1, -0.05) is 6.07 Å². The number of ether oxygens (including phenoxy) is 1. The van der Waals surface area contributed by atoms with Crippen molar-refractivity contribution in [2.75, 3.05) is 19.7 Å². The molecule has 2 rings (SSSR count). The van der Waals surface area contributed by atoms with Gasteiger partial charge in [-0.3, -0.25) is 4.79 Å². The Hall–Kier alpha value is -0.940. The van der Waals surface area contributed by atoms with Crippen LogP contribution < -0.4 is 0 Å². The minimum Gasteiger partial charge on any atom is -0.375 e. The van der Waals surface area contributed by atoms with E-state index in [0.717, 1.165) is 0 Å². The summed E-state index contributed by atoms with van der Waals surface area (Å²) in [6, 6.07) is 4.53. The third kappa shape index (κ3) is 2.66. The van der Waals surface area contributed by atoms with E-state index in [2.05, 4.69) is 15.9 Å². The lowest BCUT2D eigenvalue weighted by Gasteiger charge is -2.31. The molecule has 0 bridgehead atoms. The Morgan fingerprint density at radius 3 is 3.00 bits per heavy atom. The number of nitrogens with zero attached hydrogens (tertiary/aromatic N) is 1. The fraction of sp³-hybridized carbons (Fsp3) is 0.417. The Kier molecular flexibility index (Phi) is 3.79. The average molecular weight is 302 g/mol. The van der Waals surface area contributed by atoms with Crippen molar-refractivity contribution in [2.24, 2.45) is 0 Å². The molecule has 1 aliphatic heterocycles. The van der Waals surface area contributed by atoms with E-state index in [4.69, 9.17) is 4.74 Å². The first kappa shape index (κ1) is 12.5. The number of rotatable bonds is 1. The highest BCUT2D eigenvalue weighted by atomic mass is 79.9. The molecular formula is C12H13BrFNO2. The second-order valence-electron chi connectivity index (χ2n) is 4.03. The first-order valence-corrected chi connectivity index (χ1v) is 6.24. The molecule has 0 saturated carbocycles. The molecule has 1 saturated heterocycles. The van der Waals surface area contributed by atoms with E-state index in [-0.39, 0.29) is 17.6 Å². The normalized spacial score (nSPS) is 20.4. The highest BCUT2D eigenvalue weighted by Gasteiger charge is 2.25. The molecule has 1 aromatic carbocycles. The van der Waals surface area contributed by atoms with Crippen molar-refractivity contribution in [3.8, 4) is 0 Å². The molecule has 5 heteroatoms. The Morgan fingerprint density at radius 2 is 2.35 bits per heavy atom. The van der Waals surface area contributed by atoms with Gasteiger partial charge >= 0.3 is 0 Å². The Balaban J connectivity index is 2.24. The fourth-order valence-electron chi connectivity index (χ4n) is 1.86. The fourth-order valence-corrected chi connectivity index (χ4v) is 2.37. The summed E-state index contributed by atoms with van der Waals surface area (Å²) in [6.45, 7) is 3.40. The van der Waals surface area contributed by atoms with Crippen LogP contribution in [-0.4, -0.2) is 36.6 Å². The third-order valence-corrected chi connectivity index (χ3v) is 3.37. The number of carbonyl (C=O) groups is 1. The predicted octanol–water partition coefficient (Wildman–Crippen LogP) is 2.45. The van der Waals surface area contributed by atoms with Gasteiger partial charge in [0.2, 0.25) is 0 Å². The molecule has 0 N–H and O–H groups in total. The second-order valence-corrected chi connectivity index (χ2v) is 4.88. The van der Waals surface area contributed by atoms with Gasteiger partial charge in [-0.25, -0.2) is 4.39 Å². The molecule has 0 radical (unpaired) electrons. The number of carbonyl (C=O) groups excluding carboxylic acids is 1. The summed E-state index contributed by atoms with van der Waals surface area (Å²) in [6.07, 6.45) is -0.00162. The highest BCUT2D eigenvalue weighted by molar-refractivity contribution is 9.10. The van der Waals surface area contributed by atoms with Gasteiger partial charge < -0.3 is 9.64 Å². The van der Waals surface area contributed by atoms with Crippen LogP contribution in [0.25, 0.3) is 0 Å². The van der Waals surface area contributed by atoms with Gasteiger partial charge in [-0.15, -0.1) is 0 Å². The first-order chi connectivity index (χ1) is 8.09. The number of halogens is 2. The van der Waals surface area contributed by atoms with Crippen LogP contribution in [0, 0.1) is 5.82 Å². The Morgan fingerprint density at radius 1 is 1.59 bits per heavy atom. The molecule has 1 aliphatic rings. The molecule has 0 aromatic heterocycles. The molecule has 0 spiro atoms. The second kappa shape index (κ2) is 5.14. The average Bonchev–Trinajstić information content (AvgIpc) is 2.28. The minimum absolute atomic E-state index is 0.00162. The van der Waals surface area contributed by atoms with Gasteiger partial charge in [0.25, 0.3) is 5.91 Å². The molecular weight excluding hydrogens is 289 g/mol. The predicted molar refractivity (Wildman–Crippen MR) is 65.4 cm³/mol. The zero-order valence-electron chi connectivity index (χ0n) is 9.45. The molecule has 1 aromatic rings. The molecule has 1 amide bonds. The van der Waals surface area contributed by atoms with E-state index >= 15 is 0 Å². The van der Waals surface area contributed by atoms with Gasteiger partial charge in [0, 0.05) is 17.6 Å². The standard InChI is InChI=1S/C12H13BrFNO2/c1-8-7-15(5-6-17-8)12(16)11-9(13)3-2-4-10(11)14/h2-4,8H,5-7H2,1H3/t8-/m1/s1. The van der Waals surface area contributed by atoms with Crippen molar-refractivity contribution in [3.05, 3.63) is 34.1 Å². The smallest absolute Gasteiger partial charge is 0.258 e. The van der Waals surface area contributed by atoms with Crippen molar-refractivity contribution in [3.63, 3.8) is 0 Å². The molecule has 17 heavy (non-hydrogen) atoms. The Labute approximate surface area is 108 Å². The van der Waals surface area contributed by atoms with E-state index in [0.29, 0.717) is 24.2 Å². The molecule has 3 nitrogen and oxygen atoms in total. The van der Waals surface area contributed by atoms with Crippen LogP contribution in [0.5, 0.6) is 0 Å². The van der Waals surface area contributed by atoms with E-state index in [1.165, 1.54) is 6.07 Å². The van der Waals surface area contributed by atoms with Gasteiger partial charge in [-0.05, 0) is 35.0 Å². The topological polar surface area (TPSA) is 29.5 Å². The van der Waals surface area contributed by atoms with Crippen molar-refractivity contribution >= 4 is 21.8 Å². The quantitative estimate of drug-likeness (QED) is 0.797. The van der Waals surface area contributed by atoms with Gasteiger partial charge in [-0.2, -0.15) is 0 Å². The summed E-state index contributed by atoms with van der Waals surface area (Å²) in [5.41, 5.74) is 0.0987. The van der Waals surface area contributed by atoms with Crippen LogP contribution in [0.3, 0.4) is 0 Å². The van der Waals surface area contributed by atoms with Crippen LogP contribution >= 0.6 is 15.9 Å². The molecule has 1 heterocycles. The van der Waals surface area contributed by atoms with E-state index in [1.807, 2.05) is 6.92 Å². The number of hydrogen-bond donors (Lipinski definition) is 0. The lowest BCUT2D eigenvalue weighted by molar-refractivity contribution is -0.0126.